The summed E-state index contributed by atoms with van der Waals surface area (Å²) in [5.74, 6) is 0. The fourth-order valence-corrected chi connectivity index (χ4v) is 2.57. The summed E-state index contributed by atoms with van der Waals surface area (Å²) in [6.45, 7) is 7.52. The summed E-state index contributed by atoms with van der Waals surface area (Å²) in [6, 6.07) is 0. The lowest BCUT2D eigenvalue weighted by Gasteiger charge is -2.00. The Kier molecular flexibility index (Phi) is 18.5. The summed E-state index contributed by atoms with van der Waals surface area (Å²) in [5.41, 5.74) is 0. The minimum absolute atomic E-state index is 1.18. The molecule has 0 nitrogen and oxygen atoms in total. The van der Waals surface area contributed by atoms with Gasteiger partial charge in [-0.25, -0.2) is 0 Å². The predicted octanol–water partition coefficient (Wildman–Crippen LogP) is 7.77. The molecule has 0 saturated carbocycles. The van der Waals surface area contributed by atoms with Crippen LogP contribution in [0.2, 0.25) is 0 Å². The van der Waals surface area contributed by atoms with E-state index in [1.54, 1.807) is 0 Å². The molecule has 0 aliphatic heterocycles. The first-order valence-electron chi connectivity index (χ1n) is 9.28. The molecule has 0 saturated heterocycles. The first kappa shape index (κ1) is 20.2. The Morgan fingerprint density at radius 3 is 1.05 bits per heavy atom. The molecule has 0 spiro atoms. The van der Waals surface area contributed by atoms with Gasteiger partial charge in [0.15, 0.2) is 0 Å². The highest BCUT2D eigenvalue weighted by Gasteiger charge is 1.91. The minimum atomic E-state index is 1.18. The Labute approximate surface area is 134 Å². The van der Waals surface area contributed by atoms with Crippen molar-refractivity contribution in [2.75, 3.05) is 0 Å². The molecule has 0 aliphatic carbocycles. The van der Waals surface area contributed by atoms with Crippen molar-refractivity contribution in [1.82, 2.24) is 0 Å². The summed E-state index contributed by atoms with van der Waals surface area (Å²) in [6.07, 6.45) is 29.0. The molecule has 0 aromatic carbocycles. The highest BCUT2D eigenvalue weighted by Crippen LogP contribution is 2.11. The van der Waals surface area contributed by atoms with Gasteiger partial charge in [0.25, 0.3) is 0 Å². The van der Waals surface area contributed by atoms with Crippen LogP contribution < -0.4 is 0 Å². The maximum absolute atomic E-state index is 3.76. The van der Waals surface area contributed by atoms with Crippen LogP contribution in [0, 0.1) is 0 Å². The zero-order valence-corrected chi connectivity index (χ0v) is 14.3. The van der Waals surface area contributed by atoms with Gasteiger partial charge in [-0.1, -0.05) is 69.2 Å². The van der Waals surface area contributed by atoms with Crippen LogP contribution in [0.25, 0.3) is 0 Å². The van der Waals surface area contributed by atoms with Crippen LogP contribution in [-0.4, -0.2) is 0 Å². The molecule has 0 fully saturated rings. The first-order chi connectivity index (χ1) is 10.4. The van der Waals surface area contributed by atoms with E-state index in [9.17, 15) is 0 Å². The monoisotopic (exact) mass is 290 g/mol. The molecular weight excluding hydrogens is 252 g/mol. The Bertz CT molecular complexity index is 236. The SMILES string of the molecule is C=CCCCCCC=CCCCCCCCCCCC=C. The summed E-state index contributed by atoms with van der Waals surface area (Å²) >= 11 is 0. The van der Waals surface area contributed by atoms with Gasteiger partial charge >= 0.3 is 0 Å². The third-order valence-electron chi connectivity index (χ3n) is 3.97. The number of allylic oxidation sites excluding steroid dienone is 4. The quantitative estimate of drug-likeness (QED) is 0.189. The Balaban J connectivity index is 3.04. The summed E-state index contributed by atoms with van der Waals surface area (Å²) in [4.78, 5) is 0. The van der Waals surface area contributed by atoms with Gasteiger partial charge in [0.2, 0.25) is 0 Å². The van der Waals surface area contributed by atoms with Crippen LogP contribution in [0.4, 0.5) is 0 Å². The smallest absolute Gasteiger partial charge is 0.0351 e. The van der Waals surface area contributed by atoms with E-state index in [1.165, 1.54) is 96.3 Å². The second-order valence-corrected chi connectivity index (χ2v) is 6.09. The molecule has 122 valence electrons. The van der Waals surface area contributed by atoms with E-state index in [-0.39, 0.29) is 0 Å². The van der Waals surface area contributed by atoms with Crippen molar-refractivity contribution >= 4 is 0 Å². The van der Waals surface area contributed by atoms with Gasteiger partial charge in [-0.2, -0.15) is 0 Å². The van der Waals surface area contributed by atoms with Gasteiger partial charge in [0, 0.05) is 0 Å². The van der Waals surface area contributed by atoms with Gasteiger partial charge in [0.05, 0.1) is 0 Å². The average molecular weight is 291 g/mol. The van der Waals surface area contributed by atoms with E-state index in [0.717, 1.165) is 0 Å². The maximum atomic E-state index is 3.76. The highest BCUT2D eigenvalue weighted by molar-refractivity contribution is 4.81. The number of hydrogen-bond acceptors (Lipinski definition) is 0. The topological polar surface area (TPSA) is 0 Å². The van der Waals surface area contributed by atoms with Gasteiger partial charge in [-0.15, -0.1) is 13.2 Å². The Hall–Kier alpha value is -0.780. The van der Waals surface area contributed by atoms with E-state index < -0.39 is 0 Å². The van der Waals surface area contributed by atoms with Gasteiger partial charge in [-0.05, 0) is 51.4 Å². The molecule has 0 aliphatic rings. The second-order valence-electron chi connectivity index (χ2n) is 6.09. The zero-order chi connectivity index (χ0) is 15.4. The normalized spacial score (nSPS) is 11.0. The molecule has 0 bridgehead atoms. The van der Waals surface area contributed by atoms with E-state index in [2.05, 4.69) is 25.3 Å². The van der Waals surface area contributed by atoms with E-state index in [1.807, 2.05) is 12.2 Å². The molecule has 0 atom stereocenters. The maximum Gasteiger partial charge on any atom is -0.0351 e. The highest BCUT2D eigenvalue weighted by atomic mass is 14.0. The molecule has 0 heteroatoms. The molecular formula is C21H38. The fourth-order valence-electron chi connectivity index (χ4n) is 2.57. The lowest BCUT2D eigenvalue weighted by atomic mass is 10.1. The standard InChI is InChI=1S/C21H38/c1-3-5-7-9-11-13-15-17-19-21-20-18-16-14-12-10-8-6-4-2/h3-4,15,17H,1-2,5-14,16,18-21H2. The largest absolute Gasteiger partial charge is 0.103 e. The fraction of sp³-hybridized carbons (Fsp3) is 0.714. The molecule has 0 N–H and O–H groups in total. The summed E-state index contributed by atoms with van der Waals surface area (Å²) < 4.78 is 0. The van der Waals surface area contributed by atoms with E-state index in [0.29, 0.717) is 0 Å². The molecule has 0 heterocycles. The molecule has 0 amide bonds. The third-order valence-corrected chi connectivity index (χ3v) is 3.97. The first-order valence-corrected chi connectivity index (χ1v) is 9.28. The summed E-state index contributed by atoms with van der Waals surface area (Å²) in [5, 5.41) is 0. The Morgan fingerprint density at radius 2 is 0.667 bits per heavy atom. The molecule has 0 rings (SSSR count). The van der Waals surface area contributed by atoms with Crippen molar-refractivity contribution in [3.63, 3.8) is 0 Å². The lowest BCUT2D eigenvalue weighted by Crippen LogP contribution is -1.81. The van der Waals surface area contributed by atoms with Crippen molar-refractivity contribution in [3.05, 3.63) is 37.5 Å². The van der Waals surface area contributed by atoms with Crippen LogP contribution in [0.5, 0.6) is 0 Å². The molecule has 0 aromatic rings. The minimum Gasteiger partial charge on any atom is -0.103 e. The van der Waals surface area contributed by atoms with Crippen molar-refractivity contribution in [1.29, 1.82) is 0 Å². The molecule has 21 heavy (non-hydrogen) atoms. The van der Waals surface area contributed by atoms with Crippen LogP contribution in [0.1, 0.15) is 96.3 Å². The van der Waals surface area contributed by atoms with Gasteiger partial charge in [-0.3, -0.25) is 0 Å². The van der Waals surface area contributed by atoms with E-state index in [4.69, 9.17) is 0 Å². The molecule has 0 radical (unpaired) electrons. The average Bonchev–Trinajstić information content (AvgIpc) is 2.50. The second kappa shape index (κ2) is 19.2. The lowest BCUT2D eigenvalue weighted by molar-refractivity contribution is 0.571. The number of rotatable bonds is 17. The van der Waals surface area contributed by atoms with Crippen molar-refractivity contribution in [2.45, 2.75) is 96.3 Å². The van der Waals surface area contributed by atoms with Gasteiger partial charge in [0.1, 0.15) is 0 Å². The van der Waals surface area contributed by atoms with Crippen LogP contribution >= 0.6 is 0 Å². The predicted molar refractivity (Wildman–Crippen MR) is 98.8 cm³/mol. The van der Waals surface area contributed by atoms with Crippen molar-refractivity contribution in [3.8, 4) is 0 Å². The van der Waals surface area contributed by atoms with Crippen LogP contribution in [0.3, 0.4) is 0 Å². The van der Waals surface area contributed by atoms with Crippen LogP contribution in [-0.2, 0) is 0 Å². The van der Waals surface area contributed by atoms with Crippen LogP contribution in [0.15, 0.2) is 37.5 Å². The third kappa shape index (κ3) is 19.2. The zero-order valence-electron chi connectivity index (χ0n) is 14.3. The molecule has 0 aromatic heterocycles. The number of hydrogen-bond donors (Lipinski definition) is 0. The Morgan fingerprint density at radius 1 is 0.381 bits per heavy atom. The van der Waals surface area contributed by atoms with Crippen molar-refractivity contribution < 1.29 is 0 Å². The van der Waals surface area contributed by atoms with Gasteiger partial charge < -0.3 is 0 Å². The summed E-state index contributed by atoms with van der Waals surface area (Å²) in [7, 11) is 0. The number of unbranched alkanes of at least 4 members (excludes halogenated alkanes) is 13. The molecule has 0 unspecified atom stereocenters. The van der Waals surface area contributed by atoms with E-state index >= 15 is 0 Å². The van der Waals surface area contributed by atoms with Crippen molar-refractivity contribution in [2.24, 2.45) is 0 Å².